The standard InChI is InChI=1S/C12H25NO4/c1-5-9(7-14)6-10(8-15)13-11(16)17-12(2,3)4/h9-10,14-15H,5-8H2,1-4H3,(H,13,16)/t9-,10-/m0/s1. The van der Waals surface area contributed by atoms with E-state index in [4.69, 9.17) is 14.9 Å². The second-order valence-electron chi connectivity index (χ2n) is 5.22. The predicted octanol–water partition coefficient (Wildman–Crippen LogP) is 1.28. The Kier molecular flexibility index (Phi) is 7.15. The highest BCUT2D eigenvalue weighted by Gasteiger charge is 2.20. The molecule has 3 N–H and O–H groups in total. The third-order valence-corrected chi connectivity index (χ3v) is 2.39. The zero-order valence-corrected chi connectivity index (χ0v) is 11.2. The number of nitrogens with one attached hydrogen (secondary N) is 1. The van der Waals surface area contributed by atoms with Gasteiger partial charge in [0.2, 0.25) is 0 Å². The van der Waals surface area contributed by atoms with Crippen LogP contribution >= 0.6 is 0 Å². The molecule has 0 unspecified atom stereocenters. The SMILES string of the molecule is CC[C@H](CO)C[C@@H](CO)NC(=O)OC(C)(C)C. The van der Waals surface area contributed by atoms with Crippen molar-refractivity contribution in [3.05, 3.63) is 0 Å². The van der Waals surface area contributed by atoms with Crippen molar-refractivity contribution < 1.29 is 19.7 Å². The number of carbonyl (C=O) groups excluding carboxylic acids is 1. The molecule has 102 valence electrons. The molecular weight excluding hydrogens is 222 g/mol. The summed E-state index contributed by atoms with van der Waals surface area (Å²) < 4.78 is 5.10. The number of ether oxygens (including phenoxy) is 1. The molecule has 0 saturated carbocycles. The lowest BCUT2D eigenvalue weighted by molar-refractivity contribution is 0.0465. The van der Waals surface area contributed by atoms with Crippen molar-refractivity contribution in [2.24, 2.45) is 5.92 Å². The Bertz CT molecular complexity index is 221. The highest BCUT2D eigenvalue weighted by atomic mass is 16.6. The molecule has 0 aliphatic heterocycles. The lowest BCUT2D eigenvalue weighted by atomic mass is 9.98. The van der Waals surface area contributed by atoms with Crippen LogP contribution in [0.2, 0.25) is 0 Å². The third kappa shape index (κ3) is 7.99. The van der Waals surface area contributed by atoms with E-state index in [0.717, 1.165) is 6.42 Å². The van der Waals surface area contributed by atoms with Crippen LogP contribution in [0.4, 0.5) is 4.79 Å². The van der Waals surface area contributed by atoms with Gasteiger partial charge in [0.1, 0.15) is 5.60 Å². The Hall–Kier alpha value is -0.810. The van der Waals surface area contributed by atoms with Crippen molar-refractivity contribution in [1.29, 1.82) is 0 Å². The first kappa shape index (κ1) is 16.2. The van der Waals surface area contributed by atoms with Gasteiger partial charge < -0.3 is 20.3 Å². The van der Waals surface area contributed by atoms with Crippen LogP contribution in [0, 0.1) is 5.92 Å². The molecule has 2 atom stereocenters. The first-order valence-corrected chi connectivity index (χ1v) is 6.03. The van der Waals surface area contributed by atoms with Crippen LogP contribution in [0.15, 0.2) is 0 Å². The molecule has 0 rings (SSSR count). The van der Waals surface area contributed by atoms with Gasteiger partial charge in [-0.25, -0.2) is 4.79 Å². The molecule has 0 spiro atoms. The number of amides is 1. The summed E-state index contributed by atoms with van der Waals surface area (Å²) in [5.74, 6) is 0.0853. The van der Waals surface area contributed by atoms with Gasteiger partial charge in [-0.2, -0.15) is 0 Å². The van der Waals surface area contributed by atoms with Crippen LogP contribution in [0.25, 0.3) is 0 Å². The minimum absolute atomic E-state index is 0.0585. The molecule has 0 aromatic heterocycles. The summed E-state index contributed by atoms with van der Waals surface area (Å²) >= 11 is 0. The van der Waals surface area contributed by atoms with Gasteiger partial charge in [0.25, 0.3) is 0 Å². The number of hydrogen-bond acceptors (Lipinski definition) is 4. The van der Waals surface area contributed by atoms with Crippen LogP contribution in [-0.2, 0) is 4.74 Å². The summed E-state index contributed by atoms with van der Waals surface area (Å²) in [6.07, 6.45) is 0.815. The van der Waals surface area contributed by atoms with Crippen molar-refractivity contribution >= 4 is 6.09 Å². The second-order valence-corrected chi connectivity index (χ2v) is 5.22. The first-order chi connectivity index (χ1) is 7.82. The van der Waals surface area contributed by atoms with E-state index in [9.17, 15) is 4.79 Å². The summed E-state index contributed by atoms with van der Waals surface area (Å²) in [5, 5.41) is 20.8. The number of alkyl carbamates (subject to hydrolysis) is 1. The minimum Gasteiger partial charge on any atom is -0.444 e. The summed E-state index contributed by atoms with van der Waals surface area (Å²) in [6.45, 7) is 7.21. The van der Waals surface area contributed by atoms with Gasteiger partial charge in [0.15, 0.2) is 0 Å². The fraction of sp³-hybridized carbons (Fsp3) is 0.917. The predicted molar refractivity (Wildman–Crippen MR) is 65.7 cm³/mol. The van der Waals surface area contributed by atoms with Crippen molar-refractivity contribution in [2.75, 3.05) is 13.2 Å². The summed E-state index contributed by atoms with van der Waals surface area (Å²) in [4.78, 5) is 11.5. The van der Waals surface area contributed by atoms with E-state index < -0.39 is 11.7 Å². The van der Waals surface area contributed by atoms with Gasteiger partial charge in [-0.15, -0.1) is 0 Å². The molecule has 0 aromatic rings. The number of carbonyl (C=O) groups is 1. The van der Waals surface area contributed by atoms with E-state index in [1.807, 2.05) is 6.92 Å². The van der Waals surface area contributed by atoms with Crippen molar-refractivity contribution in [1.82, 2.24) is 5.32 Å². The molecule has 0 radical (unpaired) electrons. The van der Waals surface area contributed by atoms with Gasteiger partial charge >= 0.3 is 6.09 Å². The summed E-state index contributed by atoms with van der Waals surface area (Å²) in [7, 11) is 0. The number of rotatable bonds is 6. The van der Waals surface area contributed by atoms with E-state index in [0.29, 0.717) is 6.42 Å². The van der Waals surface area contributed by atoms with Crippen LogP contribution in [0.1, 0.15) is 40.5 Å². The molecule has 17 heavy (non-hydrogen) atoms. The van der Waals surface area contributed by atoms with Crippen molar-refractivity contribution in [2.45, 2.75) is 52.2 Å². The number of aliphatic hydroxyl groups is 2. The molecule has 1 amide bonds. The van der Waals surface area contributed by atoms with E-state index in [2.05, 4.69) is 5.32 Å². The quantitative estimate of drug-likeness (QED) is 0.660. The lowest BCUT2D eigenvalue weighted by Gasteiger charge is -2.24. The minimum atomic E-state index is -0.550. The molecule has 0 saturated heterocycles. The molecule has 0 aromatic carbocycles. The Morgan fingerprint density at radius 1 is 1.29 bits per heavy atom. The molecule has 0 heterocycles. The first-order valence-electron chi connectivity index (χ1n) is 6.03. The lowest BCUT2D eigenvalue weighted by Crippen LogP contribution is -2.42. The summed E-state index contributed by atoms with van der Waals surface area (Å²) in [6, 6.07) is -0.373. The Labute approximate surface area is 103 Å². The Morgan fingerprint density at radius 2 is 1.88 bits per heavy atom. The van der Waals surface area contributed by atoms with E-state index in [1.54, 1.807) is 20.8 Å². The average molecular weight is 247 g/mol. The van der Waals surface area contributed by atoms with Gasteiger partial charge in [-0.05, 0) is 33.1 Å². The fourth-order valence-electron chi connectivity index (χ4n) is 1.43. The molecule has 5 heteroatoms. The third-order valence-electron chi connectivity index (χ3n) is 2.39. The van der Waals surface area contributed by atoms with Crippen LogP contribution in [0.3, 0.4) is 0 Å². The molecular formula is C12H25NO4. The smallest absolute Gasteiger partial charge is 0.407 e. The molecule has 0 aliphatic rings. The van der Waals surface area contributed by atoms with Crippen LogP contribution < -0.4 is 5.32 Å². The number of hydrogen-bond donors (Lipinski definition) is 3. The number of aliphatic hydroxyl groups excluding tert-OH is 2. The average Bonchev–Trinajstić information content (AvgIpc) is 2.21. The maximum atomic E-state index is 11.5. The largest absolute Gasteiger partial charge is 0.444 e. The van der Waals surface area contributed by atoms with Crippen molar-refractivity contribution in [3.8, 4) is 0 Å². The molecule has 0 fully saturated rings. The van der Waals surface area contributed by atoms with Gasteiger partial charge in [-0.3, -0.25) is 0 Å². The van der Waals surface area contributed by atoms with Gasteiger partial charge in [-0.1, -0.05) is 13.3 Å². The Balaban J connectivity index is 4.16. The molecule has 0 aliphatic carbocycles. The van der Waals surface area contributed by atoms with Gasteiger partial charge in [0.05, 0.1) is 12.6 Å². The molecule has 0 bridgehead atoms. The zero-order chi connectivity index (χ0) is 13.5. The van der Waals surface area contributed by atoms with E-state index in [-0.39, 0.29) is 25.2 Å². The normalized spacial score (nSPS) is 15.2. The highest BCUT2D eigenvalue weighted by molar-refractivity contribution is 5.68. The zero-order valence-electron chi connectivity index (χ0n) is 11.2. The van der Waals surface area contributed by atoms with Crippen LogP contribution in [0.5, 0.6) is 0 Å². The monoisotopic (exact) mass is 247 g/mol. The second kappa shape index (κ2) is 7.50. The fourth-order valence-corrected chi connectivity index (χ4v) is 1.43. The van der Waals surface area contributed by atoms with Crippen molar-refractivity contribution in [3.63, 3.8) is 0 Å². The van der Waals surface area contributed by atoms with Crippen LogP contribution in [-0.4, -0.2) is 41.2 Å². The Morgan fingerprint density at radius 3 is 2.24 bits per heavy atom. The molecule has 5 nitrogen and oxygen atoms in total. The highest BCUT2D eigenvalue weighted by Crippen LogP contribution is 2.11. The van der Waals surface area contributed by atoms with E-state index >= 15 is 0 Å². The maximum absolute atomic E-state index is 11.5. The maximum Gasteiger partial charge on any atom is 0.407 e. The topological polar surface area (TPSA) is 78.8 Å². The van der Waals surface area contributed by atoms with Gasteiger partial charge in [0, 0.05) is 6.61 Å². The summed E-state index contributed by atoms with van der Waals surface area (Å²) in [5.41, 5.74) is -0.550. The van der Waals surface area contributed by atoms with E-state index in [1.165, 1.54) is 0 Å².